The predicted octanol–water partition coefficient (Wildman–Crippen LogP) is 4.08. The molecule has 178 valence electrons. The summed E-state index contributed by atoms with van der Waals surface area (Å²) in [5, 5.41) is 7.12. The Morgan fingerprint density at radius 2 is 1.59 bits per heavy atom. The largest absolute Gasteiger partial charge is 0.490 e. The maximum Gasteiger partial charge on any atom is 0.490 e. The molecule has 0 saturated carbocycles. The highest BCUT2D eigenvalue weighted by molar-refractivity contribution is 5.88. The third-order valence-corrected chi connectivity index (χ3v) is 4.75. The van der Waals surface area contributed by atoms with Crippen molar-refractivity contribution in [1.82, 2.24) is 4.90 Å². The van der Waals surface area contributed by atoms with Crippen LogP contribution in [0.3, 0.4) is 0 Å². The number of carboxylic acid groups (broad SMARTS) is 1. The summed E-state index contributed by atoms with van der Waals surface area (Å²) in [5.74, 6) is -2.68. The van der Waals surface area contributed by atoms with Crippen molar-refractivity contribution in [3.8, 4) is 0 Å². The van der Waals surface area contributed by atoms with Gasteiger partial charge >= 0.3 is 12.1 Å². The minimum atomic E-state index is -5.08. The number of fused-ring (bicyclic) bond motifs is 1. The topological polar surface area (TPSA) is 101 Å². The van der Waals surface area contributed by atoms with Crippen molar-refractivity contribution in [2.24, 2.45) is 17.1 Å². The van der Waals surface area contributed by atoms with Crippen molar-refractivity contribution in [2.45, 2.75) is 65.8 Å². The molecule has 0 saturated heterocycles. The number of Topliss-reactive ketones (excluding diaryl/α,β-unsaturated/α-hetero) is 1. The second-order valence-corrected chi connectivity index (χ2v) is 9.11. The Kier molecular flexibility index (Phi) is 9.63. The Balaban J connectivity index is 0.000000633. The number of hydrogen-bond acceptors (Lipinski definition) is 4. The zero-order valence-electron chi connectivity index (χ0n) is 18.8. The van der Waals surface area contributed by atoms with Crippen LogP contribution in [0.25, 0.3) is 0 Å². The molecule has 1 aliphatic rings. The van der Waals surface area contributed by atoms with E-state index in [0.29, 0.717) is 19.5 Å². The minimum Gasteiger partial charge on any atom is -0.475 e. The first-order valence-corrected chi connectivity index (χ1v) is 10.2. The predicted molar refractivity (Wildman–Crippen MR) is 114 cm³/mol. The summed E-state index contributed by atoms with van der Waals surface area (Å²) >= 11 is 0. The Morgan fingerprint density at radius 1 is 1.12 bits per heavy atom. The molecule has 0 unspecified atom stereocenters. The molecule has 3 N–H and O–H groups in total. The number of ketones is 1. The van der Waals surface area contributed by atoms with Gasteiger partial charge in [-0.15, -0.1) is 0 Å². The number of rotatable bonds is 6. The highest BCUT2D eigenvalue weighted by Crippen LogP contribution is 2.28. The number of nitrogens with two attached hydrogens (primary N) is 1. The number of aliphatic carboxylic acids is 1. The number of halogens is 3. The van der Waals surface area contributed by atoms with Gasteiger partial charge < -0.3 is 15.7 Å². The van der Waals surface area contributed by atoms with E-state index in [1.54, 1.807) is 13.0 Å². The van der Waals surface area contributed by atoms with Gasteiger partial charge in [-0.25, -0.2) is 4.79 Å². The smallest absolute Gasteiger partial charge is 0.475 e. The van der Waals surface area contributed by atoms with Crippen LogP contribution in [0.5, 0.6) is 0 Å². The van der Waals surface area contributed by atoms with Gasteiger partial charge in [-0.05, 0) is 41.9 Å². The fourth-order valence-corrected chi connectivity index (χ4v) is 3.25. The van der Waals surface area contributed by atoms with Crippen molar-refractivity contribution in [2.75, 3.05) is 0 Å². The van der Waals surface area contributed by atoms with Crippen LogP contribution in [0.15, 0.2) is 36.4 Å². The van der Waals surface area contributed by atoms with E-state index >= 15 is 0 Å². The standard InChI is InChI=1S/C21H30N2O2.C2HF3O2/c1-15(22)19(24)11-16(12-21(2,3)4)9-10-20(25)23-13-17-7-5-6-8-18(17)14-23;3-2(4,5)1(6)7/h5-10,15-16H,11-14,22H2,1-4H3;(H,6,7)/b10-9+;/t15-,16-;/m0./s1. The number of hydrogen-bond donors (Lipinski definition) is 2. The number of allylic oxidation sites excluding steroid dienone is 1. The summed E-state index contributed by atoms with van der Waals surface area (Å²) in [7, 11) is 0. The average Bonchev–Trinajstić information content (AvgIpc) is 3.08. The van der Waals surface area contributed by atoms with Crippen molar-refractivity contribution in [1.29, 1.82) is 0 Å². The van der Waals surface area contributed by atoms with Crippen LogP contribution >= 0.6 is 0 Å². The Hall–Kier alpha value is -2.68. The second-order valence-electron chi connectivity index (χ2n) is 9.11. The average molecular weight is 457 g/mol. The quantitative estimate of drug-likeness (QED) is 0.629. The molecule has 1 heterocycles. The van der Waals surface area contributed by atoms with Gasteiger partial charge in [0.2, 0.25) is 5.91 Å². The first kappa shape index (κ1) is 27.4. The second kappa shape index (κ2) is 11.3. The van der Waals surface area contributed by atoms with Crippen molar-refractivity contribution in [3.63, 3.8) is 0 Å². The van der Waals surface area contributed by atoms with E-state index in [-0.39, 0.29) is 23.0 Å². The molecule has 1 aromatic carbocycles. The summed E-state index contributed by atoms with van der Waals surface area (Å²) in [6.07, 6.45) is -0.317. The molecule has 0 bridgehead atoms. The van der Waals surface area contributed by atoms with E-state index in [9.17, 15) is 22.8 Å². The van der Waals surface area contributed by atoms with E-state index < -0.39 is 18.2 Å². The zero-order valence-corrected chi connectivity index (χ0v) is 18.8. The van der Waals surface area contributed by atoms with Gasteiger partial charge in [-0.3, -0.25) is 9.59 Å². The van der Waals surface area contributed by atoms with Gasteiger partial charge in [-0.1, -0.05) is 51.1 Å². The Morgan fingerprint density at radius 3 is 1.97 bits per heavy atom. The number of carbonyl (C=O) groups excluding carboxylic acids is 2. The summed E-state index contributed by atoms with van der Waals surface area (Å²) in [4.78, 5) is 35.3. The third kappa shape index (κ3) is 9.64. The lowest BCUT2D eigenvalue weighted by Gasteiger charge is -2.24. The minimum absolute atomic E-state index is 0.00311. The van der Waals surface area contributed by atoms with Crippen LogP contribution in [0.2, 0.25) is 0 Å². The van der Waals surface area contributed by atoms with Gasteiger partial charge in [0.1, 0.15) is 5.78 Å². The van der Waals surface area contributed by atoms with Gasteiger partial charge in [0.05, 0.1) is 6.04 Å². The summed E-state index contributed by atoms with van der Waals surface area (Å²) in [6, 6.07) is 7.68. The molecule has 0 fully saturated rings. The van der Waals surface area contributed by atoms with E-state index in [0.717, 1.165) is 6.42 Å². The first-order valence-electron chi connectivity index (χ1n) is 10.2. The highest BCUT2D eigenvalue weighted by atomic mass is 19.4. The lowest BCUT2D eigenvalue weighted by Crippen LogP contribution is -2.29. The first-order chi connectivity index (χ1) is 14.6. The van der Waals surface area contributed by atoms with Gasteiger partial charge in [0.25, 0.3) is 0 Å². The molecular formula is C23H31F3N2O4. The van der Waals surface area contributed by atoms with Crippen LogP contribution in [0.4, 0.5) is 13.2 Å². The fourth-order valence-electron chi connectivity index (χ4n) is 3.25. The number of amides is 1. The molecule has 2 rings (SSSR count). The number of nitrogens with zero attached hydrogens (tertiary/aromatic N) is 1. The third-order valence-electron chi connectivity index (χ3n) is 4.75. The van der Waals surface area contributed by atoms with Crippen LogP contribution < -0.4 is 5.73 Å². The highest BCUT2D eigenvalue weighted by Gasteiger charge is 2.38. The number of benzene rings is 1. The Labute approximate surface area is 186 Å². The molecule has 0 aromatic heterocycles. The van der Waals surface area contributed by atoms with Gasteiger partial charge in [0, 0.05) is 19.5 Å². The monoisotopic (exact) mass is 456 g/mol. The molecule has 6 nitrogen and oxygen atoms in total. The summed E-state index contributed by atoms with van der Waals surface area (Å²) < 4.78 is 31.7. The van der Waals surface area contributed by atoms with Crippen LogP contribution in [0, 0.1) is 11.3 Å². The van der Waals surface area contributed by atoms with Crippen LogP contribution in [0.1, 0.15) is 51.7 Å². The molecule has 32 heavy (non-hydrogen) atoms. The van der Waals surface area contributed by atoms with Gasteiger partial charge in [-0.2, -0.15) is 13.2 Å². The molecule has 1 aromatic rings. The lowest BCUT2D eigenvalue weighted by atomic mass is 9.82. The van der Waals surface area contributed by atoms with Crippen molar-refractivity contribution >= 4 is 17.7 Å². The summed E-state index contributed by atoms with van der Waals surface area (Å²) in [6.45, 7) is 9.45. The van der Waals surface area contributed by atoms with Crippen molar-refractivity contribution < 1.29 is 32.7 Å². The molecule has 0 radical (unpaired) electrons. The van der Waals surface area contributed by atoms with Crippen molar-refractivity contribution in [3.05, 3.63) is 47.5 Å². The lowest BCUT2D eigenvalue weighted by molar-refractivity contribution is -0.192. The van der Waals surface area contributed by atoms with Crippen LogP contribution in [-0.2, 0) is 27.5 Å². The Bertz CT molecular complexity index is 817. The maximum absolute atomic E-state index is 12.5. The molecular weight excluding hydrogens is 425 g/mol. The number of carbonyl (C=O) groups is 3. The SMILES string of the molecule is C[C@H](N)C(=O)C[C@H](/C=C/C(=O)N1Cc2ccccc2C1)CC(C)(C)C.O=C(O)C(F)(F)F. The summed E-state index contributed by atoms with van der Waals surface area (Å²) in [5.41, 5.74) is 8.21. The fraction of sp³-hybridized carbons (Fsp3) is 0.522. The normalized spacial score (nSPS) is 15.6. The van der Waals surface area contributed by atoms with E-state index in [4.69, 9.17) is 15.6 Å². The molecule has 2 atom stereocenters. The van der Waals surface area contributed by atoms with Crippen LogP contribution in [-0.4, -0.2) is 39.9 Å². The molecule has 9 heteroatoms. The van der Waals surface area contributed by atoms with E-state index in [1.807, 2.05) is 23.1 Å². The van der Waals surface area contributed by atoms with E-state index in [2.05, 4.69) is 32.9 Å². The van der Waals surface area contributed by atoms with E-state index in [1.165, 1.54) is 11.1 Å². The number of carboxylic acids is 1. The van der Waals surface area contributed by atoms with Gasteiger partial charge in [0.15, 0.2) is 0 Å². The molecule has 1 amide bonds. The molecule has 0 spiro atoms. The molecule has 0 aliphatic carbocycles. The zero-order chi connectivity index (χ0) is 24.7. The number of alkyl halides is 3. The maximum atomic E-state index is 12.5. The molecule has 1 aliphatic heterocycles.